The topological polar surface area (TPSA) is 42.1 Å². The van der Waals surface area contributed by atoms with Gasteiger partial charge in [0.25, 0.3) is 0 Å². The molecule has 3 nitrogen and oxygen atoms in total. The molecule has 1 aromatic heterocycles. The van der Waals surface area contributed by atoms with Crippen LogP contribution >= 0.6 is 0 Å². The molecule has 0 bridgehead atoms. The lowest BCUT2D eigenvalue weighted by Gasteiger charge is -2.22. The van der Waals surface area contributed by atoms with Crippen LogP contribution in [0.4, 0.5) is 0 Å². The van der Waals surface area contributed by atoms with E-state index >= 15 is 0 Å². The Morgan fingerprint density at radius 1 is 1.00 bits per heavy atom. The molecule has 0 aliphatic heterocycles. The molecule has 2 rings (SSSR count). The van der Waals surface area contributed by atoms with Gasteiger partial charge >= 0.3 is 0 Å². The molecule has 0 aliphatic rings. The Hall–Kier alpha value is -1.71. The van der Waals surface area contributed by atoms with Crippen LogP contribution < -0.4 is 5.73 Å². The summed E-state index contributed by atoms with van der Waals surface area (Å²) in [5.74, 6) is 0.560. The second-order valence-electron chi connectivity index (χ2n) is 5.98. The predicted octanol–water partition coefficient (Wildman–Crippen LogP) is 3.34. The molecule has 0 aliphatic carbocycles. The Balaban J connectivity index is 1.92. The van der Waals surface area contributed by atoms with Crippen molar-refractivity contribution in [1.82, 2.24) is 9.88 Å². The van der Waals surface area contributed by atoms with Crippen LogP contribution in [0.5, 0.6) is 0 Å². The van der Waals surface area contributed by atoms with Crippen LogP contribution in [0.25, 0.3) is 0 Å². The van der Waals surface area contributed by atoms with Gasteiger partial charge in [0, 0.05) is 31.5 Å². The van der Waals surface area contributed by atoms with E-state index in [0.717, 1.165) is 13.1 Å². The molecule has 0 radical (unpaired) electrons. The molecule has 1 unspecified atom stereocenters. The molecule has 21 heavy (non-hydrogen) atoms. The standard InChI is InChI=1S/C18H25N3/c1-14(2)16-4-6-17(7-5-16)18(19)13-21(3)12-15-8-10-20-11-9-15/h4-11,14,18H,12-13,19H2,1-3H3. The normalized spacial score (nSPS) is 12.9. The van der Waals surface area contributed by atoms with E-state index in [1.807, 2.05) is 24.5 Å². The zero-order valence-electron chi connectivity index (χ0n) is 13.2. The first-order valence-electron chi connectivity index (χ1n) is 7.49. The van der Waals surface area contributed by atoms with Gasteiger partial charge in [-0.3, -0.25) is 4.98 Å². The first-order chi connectivity index (χ1) is 10.1. The largest absolute Gasteiger partial charge is 0.323 e. The number of benzene rings is 1. The minimum Gasteiger partial charge on any atom is -0.323 e. The highest BCUT2D eigenvalue weighted by molar-refractivity contribution is 5.26. The second kappa shape index (κ2) is 7.34. The average molecular weight is 283 g/mol. The Bertz CT molecular complexity index is 534. The summed E-state index contributed by atoms with van der Waals surface area (Å²) < 4.78 is 0. The van der Waals surface area contributed by atoms with Gasteiger partial charge in [-0.05, 0) is 41.8 Å². The maximum Gasteiger partial charge on any atom is 0.0424 e. The van der Waals surface area contributed by atoms with E-state index in [1.54, 1.807) is 0 Å². The fourth-order valence-electron chi connectivity index (χ4n) is 2.43. The van der Waals surface area contributed by atoms with E-state index in [2.05, 4.69) is 55.0 Å². The molecule has 1 atom stereocenters. The molecule has 0 spiro atoms. The van der Waals surface area contributed by atoms with Crippen LogP contribution in [0.2, 0.25) is 0 Å². The van der Waals surface area contributed by atoms with E-state index in [0.29, 0.717) is 5.92 Å². The van der Waals surface area contributed by atoms with Gasteiger partial charge in [0.05, 0.1) is 0 Å². The van der Waals surface area contributed by atoms with Crippen LogP contribution in [0.3, 0.4) is 0 Å². The molecular weight excluding hydrogens is 258 g/mol. The lowest BCUT2D eigenvalue weighted by Crippen LogP contribution is -2.28. The monoisotopic (exact) mass is 283 g/mol. The Labute approximate surface area is 127 Å². The van der Waals surface area contributed by atoms with Gasteiger partial charge in [0.1, 0.15) is 0 Å². The highest BCUT2D eigenvalue weighted by Gasteiger charge is 2.10. The third kappa shape index (κ3) is 4.66. The van der Waals surface area contributed by atoms with Gasteiger partial charge in [-0.25, -0.2) is 0 Å². The van der Waals surface area contributed by atoms with E-state index < -0.39 is 0 Å². The third-order valence-electron chi connectivity index (χ3n) is 3.74. The number of hydrogen-bond acceptors (Lipinski definition) is 3. The van der Waals surface area contributed by atoms with E-state index in [9.17, 15) is 0 Å². The van der Waals surface area contributed by atoms with Crippen molar-refractivity contribution in [2.75, 3.05) is 13.6 Å². The number of hydrogen-bond donors (Lipinski definition) is 1. The number of nitrogens with two attached hydrogens (primary N) is 1. The quantitative estimate of drug-likeness (QED) is 0.884. The Morgan fingerprint density at radius 3 is 2.14 bits per heavy atom. The highest BCUT2D eigenvalue weighted by Crippen LogP contribution is 2.18. The molecular formula is C18H25N3. The average Bonchev–Trinajstić information content (AvgIpc) is 2.48. The summed E-state index contributed by atoms with van der Waals surface area (Å²) in [7, 11) is 2.10. The molecule has 2 aromatic rings. The molecule has 0 saturated heterocycles. The van der Waals surface area contributed by atoms with Crippen molar-refractivity contribution in [1.29, 1.82) is 0 Å². The first kappa shape index (κ1) is 15.7. The maximum absolute atomic E-state index is 6.32. The Kier molecular flexibility index (Phi) is 5.48. The summed E-state index contributed by atoms with van der Waals surface area (Å²) in [5, 5.41) is 0. The van der Waals surface area contributed by atoms with Crippen molar-refractivity contribution in [2.45, 2.75) is 32.4 Å². The molecule has 0 amide bonds. The van der Waals surface area contributed by atoms with Crippen molar-refractivity contribution >= 4 is 0 Å². The molecule has 0 saturated carbocycles. The van der Waals surface area contributed by atoms with Gasteiger partial charge in [-0.2, -0.15) is 0 Å². The number of nitrogens with zero attached hydrogens (tertiary/aromatic N) is 2. The summed E-state index contributed by atoms with van der Waals surface area (Å²) in [4.78, 5) is 6.29. The molecule has 112 valence electrons. The van der Waals surface area contributed by atoms with Crippen molar-refractivity contribution in [2.24, 2.45) is 5.73 Å². The minimum atomic E-state index is 0.0399. The summed E-state index contributed by atoms with van der Waals surface area (Å²) >= 11 is 0. The first-order valence-corrected chi connectivity index (χ1v) is 7.49. The van der Waals surface area contributed by atoms with Gasteiger partial charge in [-0.1, -0.05) is 38.1 Å². The fourth-order valence-corrected chi connectivity index (χ4v) is 2.43. The Morgan fingerprint density at radius 2 is 1.57 bits per heavy atom. The van der Waals surface area contributed by atoms with Crippen molar-refractivity contribution in [3.63, 3.8) is 0 Å². The van der Waals surface area contributed by atoms with Gasteiger partial charge in [-0.15, -0.1) is 0 Å². The fraction of sp³-hybridized carbons (Fsp3) is 0.389. The molecule has 2 N–H and O–H groups in total. The summed E-state index contributed by atoms with van der Waals surface area (Å²) in [6.07, 6.45) is 3.65. The number of likely N-dealkylation sites (N-methyl/N-ethyl adjacent to an activating group) is 1. The number of aromatic nitrogens is 1. The molecule has 0 fully saturated rings. The third-order valence-corrected chi connectivity index (χ3v) is 3.74. The summed E-state index contributed by atoms with van der Waals surface area (Å²) in [5.41, 5.74) is 10.1. The van der Waals surface area contributed by atoms with Gasteiger partial charge in [0.15, 0.2) is 0 Å². The van der Waals surface area contributed by atoms with Crippen LogP contribution in [-0.2, 0) is 6.54 Å². The predicted molar refractivity (Wildman–Crippen MR) is 88.0 cm³/mol. The van der Waals surface area contributed by atoms with Gasteiger partial charge in [0.2, 0.25) is 0 Å². The molecule has 1 heterocycles. The van der Waals surface area contributed by atoms with Crippen molar-refractivity contribution < 1.29 is 0 Å². The molecule has 1 aromatic carbocycles. The van der Waals surface area contributed by atoms with Crippen molar-refractivity contribution in [3.8, 4) is 0 Å². The number of rotatable bonds is 6. The van der Waals surface area contributed by atoms with Crippen LogP contribution in [0.15, 0.2) is 48.8 Å². The highest BCUT2D eigenvalue weighted by atomic mass is 15.1. The van der Waals surface area contributed by atoms with E-state index in [1.165, 1.54) is 16.7 Å². The van der Waals surface area contributed by atoms with Crippen molar-refractivity contribution in [3.05, 3.63) is 65.5 Å². The second-order valence-corrected chi connectivity index (χ2v) is 5.98. The zero-order valence-corrected chi connectivity index (χ0v) is 13.2. The summed E-state index contributed by atoms with van der Waals surface area (Å²) in [6.45, 7) is 6.14. The van der Waals surface area contributed by atoms with Crippen LogP contribution in [0.1, 0.15) is 42.5 Å². The van der Waals surface area contributed by atoms with E-state index in [-0.39, 0.29) is 6.04 Å². The number of pyridine rings is 1. The molecule has 3 heteroatoms. The lowest BCUT2D eigenvalue weighted by atomic mass is 9.99. The van der Waals surface area contributed by atoms with Gasteiger partial charge < -0.3 is 10.6 Å². The zero-order chi connectivity index (χ0) is 15.2. The minimum absolute atomic E-state index is 0.0399. The van der Waals surface area contributed by atoms with E-state index in [4.69, 9.17) is 5.73 Å². The van der Waals surface area contributed by atoms with Crippen LogP contribution in [0, 0.1) is 0 Å². The van der Waals surface area contributed by atoms with Crippen LogP contribution in [-0.4, -0.2) is 23.5 Å². The summed E-state index contributed by atoms with van der Waals surface area (Å²) in [6, 6.07) is 12.8. The maximum atomic E-state index is 6.32. The smallest absolute Gasteiger partial charge is 0.0424 e. The lowest BCUT2D eigenvalue weighted by molar-refractivity contribution is 0.305. The SMILES string of the molecule is CC(C)c1ccc(C(N)CN(C)Cc2ccncc2)cc1.